The molecule has 0 fully saturated rings. The average molecular weight is 721 g/mol. The molecule has 32 heavy (non-hydrogen) atoms. The molecule has 178 valence electrons. The van der Waals surface area contributed by atoms with E-state index in [0.717, 1.165) is 30.4 Å². The van der Waals surface area contributed by atoms with E-state index in [1.807, 2.05) is 32.0 Å². The first-order valence-electron chi connectivity index (χ1n) is 10.6. The number of rotatable bonds is 11. The molecular formula is C23H30Br4O4P+. The molecule has 0 aliphatic rings. The van der Waals surface area contributed by atoms with Gasteiger partial charge in [0.1, 0.15) is 11.9 Å². The summed E-state index contributed by atoms with van der Waals surface area (Å²) in [6, 6.07) is 7.54. The van der Waals surface area contributed by atoms with Gasteiger partial charge in [-0.3, -0.25) is 4.52 Å². The van der Waals surface area contributed by atoms with Crippen molar-refractivity contribution in [3.8, 4) is 11.5 Å². The molecule has 0 heterocycles. The van der Waals surface area contributed by atoms with Gasteiger partial charge in [0.25, 0.3) is 0 Å². The summed E-state index contributed by atoms with van der Waals surface area (Å²) in [6.07, 6.45) is 6.58. The Bertz CT molecular complexity index is 935. The first kappa shape index (κ1) is 28.5. The normalized spacial score (nSPS) is 12.3. The largest absolute Gasteiger partial charge is 0.506 e. The van der Waals surface area contributed by atoms with Crippen LogP contribution in [0.5, 0.6) is 11.5 Å². The third-order valence-corrected chi connectivity index (χ3v) is 9.73. The highest BCUT2D eigenvalue weighted by atomic mass is 79.9. The lowest BCUT2D eigenvalue weighted by atomic mass is 9.78. The fourth-order valence-electron chi connectivity index (χ4n) is 3.56. The molecule has 0 bridgehead atoms. The van der Waals surface area contributed by atoms with Crippen molar-refractivity contribution in [2.75, 3.05) is 6.16 Å². The second kappa shape index (κ2) is 12.3. The van der Waals surface area contributed by atoms with Crippen LogP contribution in [-0.4, -0.2) is 21.1 Å². The van der Waals surface area contributed by atoms with Crippen LogP contribution in [0.3, 0.4) is 0 Å². The maximum absolute atomic E-state index is 10.6. The summed E-state index contributed by atoms with van der Waals surface area (Å²) < 4.78 is 8.28. The number of phenols is 1. The van der Waals surface area contributed by atoms with Crippen LogP contribution in [0.25, 0.3) is 0 Å². The van der Waals surface area contributed by atoms with Gasteiger partial charge in [0.2, 0.25) is 5.75 Å². The fraction of sp³-hybridized carbons (Fsp3) is 0.478. The minimum atomic E-state index is -3.56. The zero-order chi connectivity index (χ0) is 24.1. The van der Waals surface area contributed by atoms with Crippen LogP contribution in [0.2, 0.25) is 0 Å². The Labute approximate surface area is 225 Å². The predicted molar refractivity (Wildman–Crippen MR) is 148 cm³/mol. The molecule has 0 atom stereocenters. The molecule has 0 amide bonds. The monoisotopic (exact) mass is 717 g/mol. The number of hydrogen-bond acceptors (Lipinski definition) is 4. The lowest BCUT2D eigenvalue weighted by Gasteiger charge is -2.29. The predicted octanol–water partition coefficient (Wildman–Crippen LogP) is 9.25. The first-order valence-corrected chi connectivity index (χ1v) is 15.6. The molecule has 2 aromatic rings. The Morgan fingerprint density at radius 1 is 0.812 bits per heavy atom. The van der Waals surface area contributed by atoms with Crippen molar-refractivity contribution in [3.05, 3.63) is 53.3 Å². The van der Waals surface area contributed by atoms with E-state index in [2.05, 4.69) is 70.6 Å². The summed E-state index contributed by atoms with van der Waals surface area (Å²) in [5.41, 5.74) is 1.24. The van der Waals surface area contributed by atoms with E-state index in [1.165, 1.54) is 19.3 Å². The molecule has 2 rings (SSSR count). The molecule has 0 saturated carbocycles. The summed E-state index contributed by atoms with van der Waals surface area (Å²) in [5.74, 6) is 0.507. The van der Waals surface area contributed by atoms with E-state index in [-0.39, 0.29) is 11.9 Å². The first-order chi connectivity index (χ1) is 14.9. The topological polar surface area (TPSA) is 69.9 Å². The molecule has 0 aliphatic heterocycles. The van der Waals surface area contributed by atoms with Gasteiger partial charge in [0.15, 0.2) is 0 Å². The highest BCUT2D eigenvalue weighted by molar-refractivity contribution is 9.11. The van der Waals surface area contributed by atoms with Gasteiger partial charge in [0.05, 0.1) is 17.9 Å². The zero-order valence-electron chi connectivity index (χ0n) is 18.5. The number of halogens is 4. The lowest BCUT2D eigenvalue weighted by molar-refractivity contribution is 0.334. The van der Waals surface area contributed by atoms with Crippen molar-refractivity contribution >= 4 is 71.7 Å². The summed E-state index contributed by atoms with van der Waals surface area (Å²) in [5, 5.41) is 10.4. The van der Waals surface area contributed by atoms with Crippen LogP contribution in [-0.2, 0) is 5.41 Å². The van der Waals surface area contributed by atoms with Gasteiger partial charge in [-0.05, 0) is 99.8 Å². The molecule has 0 saturated heterocycles. The van der Waals surface area contributed by atoms with Crippen LogP contribution in [0.1, 0.15) is 70.4 Å². The second-order valence-electron chi connectivity index (χ2n) is 8.37. The molecule has 0 aliphatic carbocycles. The Kier molecular flexibility index (Phi) is 11.0. The maximum Gasteiger partial charge on any atom is 0.452 e. The van der Waals surface area contributed by atoms with E-state index in [0.29, 0.717) is 23.6 Å². The van der Waals surface area contributed by atoms with Crippen molar-refractivity contribution in [2.24, 2.45) is 0 Å². The SMILES string of the molecule is CCCCCCCC[P+](O)(O)Oc1c(Br)ccc(C(C)(C)c2ccc(Br)c(O)c2Br)c1Br. The minimum absolute atomic E-state index is 0.134. The Morgan fingerprint density at radius 3 is 1.97 bits per heavy atom. The van der Waals surface area contributed by atoms with E-state index < -0.39 is 13.4 Å². The summed E-state index contributed by atoms with van der Waals surface area (Å²) >= 11 is 14.0. The standard InChI is InChI=1S/C23H29Br4O4P/c1-4-5-6-7-8-9-14-32(29,30)31-22-18(25)13-11-16(20(22)27)23(2,3)15-10-12-17(24)21(28)19(15)26/h10-13,29-30H,4-9,14H2,1-3H3/p+1. The molecule has 0 spiro atoms. The molecule has 0 aromatic heterocycles. The van der Waals surface area contributed by atoms with Crippen LogP contribution < -0.4 is 4.52 Å². The third-order valence-electron chi connectivity index (χ3n) is 5.50. The number of benzene rings is 2. The minimum Gasteiger partial charge on any atom is -0.506 e. The molecule has 0 unspecified atom stereocenters. The van der Waals surface area contributed by atoms with Crippen molar-refractivity contribution in [2.45, 2.75) is 64.7 Å². The number of aromatic hydroxyl groups is 1. The maximum atomic E-state index is 10.6. The lowest BCUT2D eigenvalue weighted by Crippen LogP contribution is -2.21. The number of unbranched alkanes of at least 4 members (excludes halogenated alkanes) is 5. The molecule has 4 nitrogen and oxygen atoms in total. The Balaban J connectivity index is 2.28. The third kappa shape index (κ3) is 7.16. The van der Waals surface area contributed by atoms with Gasteiger partial charge in [-0.1, -0.05) is 58.6 Å². The molecule has 3 N–H and O–H groups in total. The number of phenolic OH excluding ortho intramolecular Hbond substituents is 1. The smallest absolute Gasteiger partial charge is 0.452 e. The second-order valence-corrected chi connectivity index (χ2v) is 13.6. The highest BCUT2D eigenvalue weighted by Crippen LogP contribution is 2.56. The van der Waals surface area contributed by atoms with Crippen molar-refractivity contribution in [1.29, 1.82) is 0 Å². The van der Waals surface area contributed by atoms with Gasteiger partial charge >= 0.3 is 7.94 Å². The van der Waals surface area contributed by atoms with Gasteiger partial charge in [0, 0.05) is 5.41 Å². The van der Waals surface area contributed by atoms with Crippen molar-refractivity contribution in [1.82, 2.24) is 0 Å². The van der Waals surface area contributed by atoms with Crippen molar-refractivity contribution < 1.29 is 19.4 Å². The molecular weight excluding hydrogens is 691 g/mol. The zero-order valence-corrected chi connectivity index (χ0v) is 25.7. The Hall–Kier alpha value is 0.310. The van der Waals surface area contributed by atoms with E-state index in [9.17, 15) is 14.9 Å². The van der Waals surface area contributed by atoms with Crippen LogP contribution in [0.4, 0.5) is 0 Å². The summed E-state index contributed by atoms with van der Waals surface area (Å²) in [6.45, 7) is 6.25. The quantitative estimate of drug-likeness (QED) is 0.160. The molecule has 0 radical (unpaired) electrons. The van der Waals surface area contributed by atoms with Crippen LogP contribution >= 0.6 is 71.7 Å². The van der Waals surface area contributed by atoms with Crippen LogP contribution in [0.15, 0.2) is 42.2 Å². The van der Waals surface area contributed by atoms with Gasteiger partial charge < -0.3 is 5.11 Å². The number of hydrogen-bond donors (Lipinski definition) is 3. The van der Waals surface area contributed by atoms with Gasteiger partial charge in [-0.25, -0.2) is 0 Å². The van der Waals surface area contributed by atoms with Crippen molar-refractivity contribution in [3.63, 3.8) is 0 Å². The molecule has 9 heteroatoms. The van der Waals surface area contributed by atoms with E-state index in [1.54, 1.807) is 6.07 Å². The van der Waals surface area contributed by atoms with Gasteiger partial charge in [-0.2, -0.15) is 9.79 Å². The van der Waals surface area contributed by atoms with E-state index in [4.69, 9.17) is 4.52 Å². The summed E-state index contributed by atoms with van der Waals surface area (Å²) in [4.78, 5) is 21.2. The molecule has 2 aromatic carbocycles. The fourth-order valence-corrected chi connectivity index (χ4v) is 8.05. The Morgan fingerprint density at radius 2 is 1.34 bits per heavy atom. The van der Waals surface area contributed by atoms with Gasteiger partial charge in [-0.15, -0.1) is 0 Å². The van der Waals surface area contributed by atoms with Crippen LogP contribution in [0, 0.1) is 0 Å². The highest BCUT2D eigenvalue weighted by Gasteiger charge is 2.39. The van der Waals surface area contributed by atoms with E-state index >= 15 is 0 Å². The summed E-state index contributed by atoms with van der Waals surface area (Å²) in [7, 11) is -3.56. The average Bonchev–Trinajstić information content (AvgIpc) is 2.71.